The summed E-state index contributed by atoms with van der Waals surface area (Å²) in [7, 11) is 0. The highest BCUT2D eigenvalue weighted by molar-refractivity contribution is 6.36. The molecule has 2 aromatic carbocycles. The van der Waals surface area contributed by atoms with Crippen molar-refractivity contribution in [1.82, 2.24) is 5.32 Å². The summed E-state index contributed by atoms with van der Waals surface area (Å²) in [6.45, 7) is 3.03. The third-order valence-electron chi connectivity index (χ3n) is 3.94. The number of amides is 2. The minimum absolute atomic E-state index is 0.169. The van der Waals surface area contributed by atoms with E-state index in [1.54, 1.807) is 0 Å². The SMILES string of the molecule is CCc1cccc(C)c1NC(=O)COC(=O)CNC(=O)c1ccc(Cl)cc1Cl. The molecule has 2 aromatic rings. The standard InChI is InChI=1S/C20H20Cl2N2O4/c1-3-13-6-4-5-12(2)19(13)24-17(25)11-28-18(26)10-23-20(27)15-8-7-14(21)9-16(15)22/h4-9H,3,10-11H2,1-2H3,(H,23,27)(H,24,25). The molecule has 0 aliphatic heterocycles. The minimum Gasteiger partial charge on any atom is -0.454 e. The van der Waals surface area contributed by atoms with Gasteiger partial charge in [-0.25, -0.2) is 0 Å². The smallest absolute Gasteiger partial charge is 0.325 e. The lowest BCUT2D eigenvalue weighted by atomic mass is 10.1. The zero-order valence-corrected chi connectivity index (χ0v) is 17.0. The van der Waals surface area contributed by atoms with Gasteiger partial charge < -0.3 is 15.4 Å². The van der Waals surface area contributed by atoms with Crippen LogP contribution in [-0.2, 0) is 20.7 Å². The van der Waals surface area contributed by atoms with Gasteiger partial charge in [0.15, 0.2) is 6.61 Å². The average molecular weight is 423 g/mol. The monoisotopic (exact) mass is 422 g/mol. The van der Waals surface area contributed by atoms with Crippen LogP contribution in [0.1, 0.15) is 28.4 Å². The van der Waals surface area contributed by atoms with Crippen LogP contribution in [0.2, 0.25) is 10.0 Å². The van der Waals surface area contributed by atoms with Gasteiger partial charge in [0, 0.05) is 10.7 Å². The van der Waals surface area contributed by atoms with Crippen LogP contribution in [0.15, 0.2) is 36.4 Å². The number of carbonyl (C=O) groups excluding carboxylic acids is 3. The predicted molar refractivity (Wildman–Crippen MR) is 109 cm³/mol. The van der Waals surface area contributed by atoms with Crippen molar-refractivity contribution in [1.29, 1.82) is 0 Å². The Morgan fingerprint density at radius 3 is 2.54 bits per heavy atom. The number of benzene rings is 2. The molecular formula is C20H20Cl2N2O4. The van der Waals surface area contributed by atoms with Gasteiger partial charge in [-0.1, -0.05) is 48.3 Å². The summed E-state index contributed by atoms with van der Waals surface area (Å²) in [5.41, 5.74) is 2.82. The summed E-state index contributed by atoms with van der Waals surface area (Å²) in [4.78, 5) is 35.9. The van der Waals surface area contributed by atoms with Crippen LogP contribution in [0.4, 0.5) is 5.69 Å². The topological polar surface area (TPSA) is 84.5 Å². The second-order valence-electron chi connectivity index (χ2n) is 5.98. The normalized spacial score (nSPS) is 10.3. The number of hydrogen-bond donors (Lipinski definition) is 2. The molecule has 0 fully saturated rings. The van der Waals surface area contributed by atoms with Crippen molar-refractivity contribution >= 4 is 46.7 Å². The fourth-order valence-corrected chi connectivity index (χ4v) is 2.99. The molecule has 0 saturated heterocycles. The first-order chi connectivity index (χ1) is 13.3. The number of esters is 1. The van der Waals surface area contributed by atoms with Gasteiger partial charge in [0.2, 0.25) is 0 Å². The quantitative estimate of drug-likeness (QED) is 0.664. The molecule has 148 valence electrons. The van der Waals surface area contributed by atoms with E-state index in [9.17, 15) is 14.4 Å². The molecule has 28 heavy (non-hydrogen) atoms. The first kappa shape index (κ1) is 21.7. The van der Waals surface area contributed by atoms with Crippen LogP contribution >= 0.6 is 23.2 Å². The fourth-order valence-electron chi connectivity index (χ4n) is 2.50. The lowest BCUT2D eigenvalue weighted by molar-refractivity contribution is -0.146. The van der Waals surface area contributed by atoms with Gasteiger partial charge in [-0.15, -0.1) is 0 Å². The lowest BCUT2D eigenvalue weighted by Crippen LogP contribution is -2.32. The van der Waals surface area contributed by atoms with Gasteiger partial charge in [0.25, 0.3) is 11.8 Å². The van der Waals surface area contributed by atoms with Gasteiger partial charge in [-0.2, -0.15) is 0 Å². The Labute approximate surface area is 173 Å². The number of carbonyl (C=O) groups is 3. The zero-order valence-electron chi connectivity index (χ0n) is 15.5. The Morgan fingerprint density at radius 2 is 1.86 bits per heavy atom. The third-order valence-corrected chi connectivity index (χ3v) is 4.49. The van der Waals surface area contributed by atoms with Crippen molar-refractivity contribution in [3.63, 3.8) is 0 Å². The van der Waals surface area contributed by atoms with Gasteiger partial charge in [0.05, 0.1) is 10.6 Å². The number of nitrogens with one attached hydrogen (secondary N) is 2. The van der Waals surface area contributed by atoms with Crippen LogP contribution in [0.5, 0.6) is 0 Å². The summed E-state index contributed by atoms with van der Waals surface area (Å²) in [6.07, 6.45) is 0.760. The van der Waals surface area contributed by atoms with E-state index in [1.807, 2.05) is 32.0 Å². The van der Waals surface area contributed by atoms with Crippen LogP contribution in [-0.4, -0.2) is 30.9 Å². The Hall–Kier alpha value is -2.57. The van der Waals surface area contributed by atoms with Gasteiger partial charge in [-0.3, -0.25) is 14.4 Å². The van der Waals surface area contributed by atoms with Crippen LogP contribution in [0.25, 0.3) is 0 Å². The molecule has 0 bridgehead atoms. The number of rotatable bonds is 7. The molecule has 0 aliphatic rings. The third kappa shape index (κ3) is 5.97. The fraction of sp³-hybridized carbons (Fsp3) is 0.250. The number of halogens is 2. The molecule has 0 spiro atoms. The summed E-state index contributed by atoms with van der Waals surface area (Å²) in [5.74, 6) is -1.74. The molecule has 2 N–H and O–H groups in total. The van der Waals surface area contributed by atoms with Crippen molar-refractivity contribution in [3.05, 3.63) is 63.1 Å². The van der Waals surface area contributed by atoms with Crippen molar-refractivity contribution in [2.24, 2.45) is 0 Å². The predicted octanol–water partition coefficient (Wildman–Crippen LogP) is 3.78. The van der Waals surface area contributed by atoms with Crippen molar-refractivity contribution in [2.75, 3.05) is 18.5 Å². The lowest BCUT2D eigenvalue weighted by Gasteiger charge is -2.13. The number of anilines is 1. The second kappa shape index (κ2) is 10.1. The molecule has 0 saturated carbocycles. The highest BCUT2D eigenvalue weighted by atomic mass is 35.5. The van der Waals surface area contributed by atoms with Crippen LogP contribution in [0, 0.1) is 6.92 Å². The van der Waals surface area contributed by atoms with Crippen molar-refractivity contribution in [2.45, 2.75) is 20.3 Å². The number of aryl methyl sites for hydroxylation is 2. The summed E-state index contributed by atoms with van der Waals surface area (Å²) in [5, 5.41) is 5.71. The van der Waals surface area contributed by atoms with Crippen molar-refractivity contribution < 1.29 is 19.1 Å². The van der Waals surface area contributed by atoms with E-state index in [1.165, 1.54) is 18.2 Å². The molecule has 0 aliphatic carbocycles. The molecule has 8 heteroatoms. The molecule has 0 aromatic heterocycles. The van der Waals surface area contributed by atoms with Gasteiger partial charge >= 0.3 is 5.97 Å². The molecule has 2 amide bonds. The van der Waals surface area contributed by atoms with Crippen molar-refractivity contribution in [3.8, 4) is 0 Å². The van der Waals surface area contributed by atoms with E-state index >= 15 is 0 Å². The van der Waals surface area contributed by atoms with Crippen LogP contribution in [0.3, 0.4) is 0 Å². The summed E-state index contributed by atoms with van der Waals surface area (Å²) < 4.78 is 4.91. The second-order valence-corrected chi connectivity index (χ2v) is 6.82. The molecule has 0 radical (unpaired) electrons. The summed E-state index contributed by atoms with van der Waals surface area (Å²) in [6, 6.07) is 10.1. The number of hydrogen-bond acceptors (Lipinski definition) is 4. The highest BCUT2D eigenvalue weighted by Crippen LogP contribution is 2.21. The molecule has 0 unspecified atom stereocenters. The molecule has 0 heterocycles. The van der Waals surface area contributed by atoms with E-state index < -0.39 is 30.9 Å². The maximum Gasteiger partial charge on any atom is 0.325 e. The Balaban J connectivity index is 1.82. The first-order valence-corrected chi connectivity index (χ1v) is 9.34. The molecule has 0 atom stereocenters. The summed E-state index contributed by atoms with van der Waals surface area (Å²) >= 11 is 11.7. The zero-order chi connectivity index (χ0) is 20.7. The first-order valence-electron chi connectivity index (χ1n) is 8.59. The number of para-hydroxylation sites is 1. The number of ether oxygens (including phenoxy) is 1. The average Bonchev–Trinajstić information content (AvgIpc) is 2.66. The molecule has 2 rings (SSSR count). The Bertz CT molecular complexity index is 900. The van der Waals surface area contributed by atoms with Crippen LogP contribution < -0.4 is 10.6 Å². The molecular weight excluding hydrogens is 403 g/mol. The van der Waals surface area contributed by atoms with E-state index in [2.05, 4.69) is 10.6 Å². The van der Waals surface area contributed by atoms with E-state index in [0.717, 1.165) is 23.2 Å². The Morgan fingerprint density at radius 1 is 1.11 bits per heavy atom. The minimum atomic E-state index is -0.742. The molecule has 6 nitrogen and oxygen atoms in total. The Kier molecular flexibility index (Phi) is 7.84. The van der Waals surface area contributed by atoms with E-state index in [4.69, 9.17) is 27.9 Å². The maximum atomic E-state index is 12.1. The largest absolute Gasteiger partial charge is 0.454 e. The highest BCUT2D eigenvalue weighted by Gasteiger charge is 2.14. The maximum absolute atomic E-state index is 12.1. The van der Waals surface area contributed by atoms with Gasteiger partial charge in [-0.05, 0) is 42.7 Å². The van der Waals surface area contributed by atoms with E-state index in [0.29, 0.717) is 5.02 Å². The van der Waals surface area contributed by atoms with E-state index in [-0.39, 0.29) is 10.6 Å². The van der Waals surface area contributed by atoms with Gasteiger partial charge in [0.1, 0.15) is 6.54 Å².